The van der Waals surface area contributed by atoms with Crippen LogP contribution in [0.1, 0.15) is 30.4 Å². The molecule has 0 bridgehead atoms. The van der Waals surface area contributed by atoms with Crippen molar-refractivity contribution >= 4 is 0 Å². The van der Waals surface area contributed by atoms with Crippen LogP contribution in [0, 0.1) is 11.8 Å². The maximum absolute atomic E-state index is 11.3. The van der Waals surface area contributed by atoms with Crippen molar-refractivity contribution < 1.29 is 10.0 Å². The minimum atomic E-state index is -1.09. The van der Waals surface area contributed by atoms with Gasteiger partial charge in [0.05, 0.1) is 13.1 Å². The molecule has 2 aromatic rings. The van der Waals surface area contributed by atoms with E-state index in [1.165, 1.54) is 25.9 Å². The number of aliphatic hydroxyl groups is 1. The summed E-state index contributed by atoms with van der Waals surface area (Å²) in [6.07, 6.45) is 6.44. The van der Waals surface area contributed by atoms with Gasteiger partial charge in [-0.1, -0.05) is 36.3 Å². The highest BCUT2D eigenvalue weighted by molar-refractivity contribution is 5.36. The number of quaternary nitrogens is 1. The van der Waals surface area contributed by atoms with E-state index in [4.69, 9.17) is 0 Å². The van der Waals surface area contributed by atoms with Crippen molar-refractivity contribution in [2.24, 2.45) is 0 Å². The average molecular weight is 307 g/mol. The van der Waals surface area contributed by atoms with Gasteiger partial charge in [0.1, 0.15) is 12.1 Å². The number of hydrogen-bond acceptors (Lipinski definition) is 2. The molecule has 0 aliphatic carbocycles. The van der Waals surface area contributed by atoms with Gasteiger partial charge in [0.2, 0.25) is 0 Å². The number of aromatic nitrogens is 1. The second-order valence-corrected chi connectivity index (χ2v) is 6.13. The lowest BCUT2D eigenvalue weighted by atomic mass is 9.84. The third-order valence-corrected chi connectivity index (χ3v) is 4.53. The lowest BCUT2D eigenvalue weighted by molar-refractivity contribution is -0.879. The molecule has 3 heteroatoms. The second kappa shape index (κ2) is 7.41. The van der Waals surface area contributed by atoms with Gasteiger partial charge in [-0.05, 0) is 29.2 Å². The minimum absolute atomic E-state index is 0.397. The Hall–Kier alpha value is -2.15. The van der Waals surface area contributed by atoms with E-state index in [2.05, 4.69) is 16.8 Å². The van der Waals surface area contributed by atoms with Gasteiger partial charge in [-0.2, -0.15) is 0 Å². The van der Waals surface area contributed by atoms with E-state index in [-0.39, 0.29) is 0 Å². The van der Waals surface area contributed by atoms with Crippen LogP contribution in [-0.4, -0.2) is 29.7 Å². The molecular weight excluding hydrogens is 284 g/mol. The third-order valence-electron chi connectivity index (χ3n) is 4.53. The van der Waals surface area contributed by atoms with Gasteiger partial charge in [0, 0.05) is 31.7 Å². The molecule has 1 aliphatic heterocycles. The standard InChI is InChI=1S/C20H22N2O/c23-20(18-8-2-1-3-9-18,19-10-13-21-14-11-19)12-4-5-15-22-16-6-7-17-22/h1-3,8-11,13-14,23H,6-7,12,15-17H2/p+1/t20-/m1/s1. The van der Waals surface area contributed by atoms with Gasteiger partial charge in [0.15, 0.2) is 0 Å². The Kier molecular flexibility index (Phi) is 5.07. The molecule has 3 rings (SSSR count). The summed E-state index contributed by atoms with van der Waals surface area (Å²) in [5.41, 5.74) is 0.618. The molecule has 0 radical (unpaired) electrons. The first-order chi connectivity index (χ1) is 11.3. The average Bonchev–Trinajstić information content (AvgIpc) is 3.13. The van der Waals surface area contributed by atoms with Crippen molar-refractivity contribution in [2.75, 3.05) is 19.6 Å². The molecule has 0 amide bonds. The van der Waals surface area contributed by atoms with Crippen LogP contribution in [0.5, 0.6) is 0 Å². The monoisotopic (exact) mass is 307 g/mol. The summed E-state index contributed by atoms with van der Waals surface area (Å²) in [6.45, 7) is 3.32. The van der Waals surface area contributed by atoms with Crippen LogP contribution in [-0.2, 0) is 5.60 Å². The van der Waals surface area contributed by atoms with Gasteiger partial charge in [0.25, 0.3) is 0 Å². The van der Waals surface area contributed by atoms with E-state index in [9.17, 15) is 5.11 Å². The highest BCUT2D eigenvalue weighted by Gasteiger charge is 2.30. The first-order valence-electron chi connectivity index (χ1n) is 8.27. The van der Waals surface area contributed by atoms with Crippen molar-refractivity contribution in [3.05, 3.63) is 66.0 Å². The predicted octanol–water partition coefficient (Wildman–Crippen LogP) is 1.39. The van der Waals surface area contributed by atoms with Crippen molar-refractivity contribution in [1.82, 2.24) is 4.98 Å². The maximum atomic E-state index is 11.3. The highest BCUT2D eigenvalue weighted by Crippen LogP contribution is 2.32. The van der Waals surface area contributed by atoms with E-state index in [0.717, 1.165) is 17.7 Å². The van der Waals surface area contributed by atoms with Crippen molar-refractivity contribution in [1.29, 1.82) is 0 Å². The summed E-state index contributed by atoms with van der Waals surface area (Å²) < 4.78 is 0. The molecule has 1 saturated heterocycles. The first-order valence-corrected chi connectivity index (χ1v) is 8.27. The zero-order chi connectivity index (χ0) is 16.0. The highest BCUT2D eigenvalue weighted by atomic mass is 16.3. The van der Waals surface area contributed by atoms with Gasteiger partial charge in [-0.25, -0.2) is 0 Å². The van der Waals surface area contributed by atoms with E-state index in [0.29, 0.717) is 6.42 Å². The number of pyridine rings is 1. The molecule has 1 aromatic heterocycles. The summed E-state index contributed by atoms with van der Waals surface area (Å²) in [7, 11) is 0. The molecule has 1 aromatic carbocycles. The van der Waals surface area contributed by atoms with Crippen molar-refractivity contribution in [2.45, 2.75) is 24.9 Å². The van der Waals surface area contributed by atoms with Crippen LogP contribution in [0.25, 0.3) is 0 Å². The number of nitrogens with zero attached hydrogens (tertiary/aromatic N) is 1. The van der Waals surface area contributed by atoms with Crippen molar-refractivity contribution in [3.63, 3.8) is 0 Å². The lowest BCUT2D eigenvalue weighted by Crippen LogP contribution is -3.09. The van der Waals surface area contributed by atoms with Gasteiger partial charge in [-0.15, -0.1) is 0 Å². The third kappa shape index (κ3) is 3.79. The molecule has 0 saturated carbocycles. The van der Waals surface area contributed by atoms with E-state index in [1.807, 2.05) is 42.5 Å². The largest absolute Gasteiger partial charge is 0.379 e. The van der Waals surface area contributed by atoms with Crippen LogP contribution >= 0.6 is 0 Å². The number of hydrogen-bond donors (Lipinski definition) is 2. The SMILES string of the molecule is O[C@](CC#CC[NH+]1CCCC1)(c1ccccc1)c1ccncc1. The number of nitrogens with one attached hydrogen (secondary N) is 1. The number of benzene rings is 1. The van der Waals surface area contributed by atoms with Crippen LogP contribution in [0.4, 0.5) is 0 Å². The molecule has 23 heavy (non-hydrogen) atoms. The van der Waals surface area contributed by atoms with E-state index < -0.39 is 5.60 Å². The van der Waals surface area contributed by atoms with Crippen LogP contribution in [0.3, 0.4) is 0 Å². The first kappa shape index (κ1) is 15.7. The Balaban J connectivity index is 1.80. The Morgan fingerprint density at radius 2 is 1.61 bits per heavy atom. The number of likely N-dealkylation sites (tertiary alicyclic amines) is 1. The molecule has 2 N–H and O–H groups in total. The fourth-order valence-corrected chi connectivity index (χ4v) is 3.14. The summed E-state index contributed by atoms with van der Waals surface area (Å²) in [4.78, 5) is 5.61. The normalized spacial score (nSPS) is 17.3. The van der Waals surface area contributed by atoms with E-state index >= 15 is 0 Å². The molecule has 0 spiro atoms. The molecule has 1 fully saturated rings. The molecule has 1 aliphatic rings. The van der Waals surface area contributed by atoms with Crippen LogP contribution in [0.2, 0.25) is 0 Å². The molecule has 1 atom stereocenters. The van der Waals surface area contributed by atoms with Gasteiger partial charge in [-0.3, -0.25) is 4.98 Å². The van der Waals surface area contributed by atoms with Gasteiger partial charge >= 0.3 is 0 Å². The Labute approximate surface area is 138 Å². The summed E-state index contributed by atoms with van der Waals surface area (Å²) in [5, 5.41) is 11.3. The smallest absolute Gasteiger partial charge is 0.139 e. The Morgan fingerprint density at radius 1 is 0.957 bits per heavy atom. The molecule has 2 heterocycles. The lowest BCUT2D eigenvalue weighted by Gasteiger charge is -2.27. The fourth-order valence-electron chi connectivity index (χ4n) is 3.14. The van der Waals surface area contributed by atoms with E-state index in [1.54, 1.807) is 17.3 Å². The molecular formula is C20H23N2O+. The van der Waals surface area contributed by atoms with Crippen LogP contribution in [0.15, 0.2) is 54.9 Å². The maximum Gasteiger partial charge on any atom is 0.139 e. The summed E-state index contributed by atoms with van der Waals surface area (Å²) >= 11 is 0. The molecule has 118 valence electrons. The van der Waals surface area contributed by atoms with Gasteiger partial charge < -0.3 is 10.0 Å². The topological polar surface area (TPSA) is 37.6 Å². The van der Waals surface area contributed by atoms with Crippen molar-refractivity contribution in [3.8, 4) is 11.8 Å². The quantitative estimate of drug-likeness (QED) is 0.838. The second-order valence-electron chi connectivity index (χ2n) is 6.13. The minimum Gasteiger partial charge on any atom is -0.379 e. The zero-order valence-corrected chi connectivity index (χ0v) is 13.3. The Bertz CT molecular complexity index is 628. The Morgan fingerprint density at radius 3 is 2.30 bits per heavy atom. The molecule has 3 nitrogen and oxygen atoms in total. The fraction of sp³-hybridized carbons (Fsp3) is 0.350. The van der Waals surface area contributed by atoms with Crippen LogP contribution < -0.4 is 4.90 Å². The summed E-state index contributed by atoms with van der Waals surface area (Å²) in [5.74, 6) is 6.47. The molecule has 0 unspecified atom stereocenters. The summed E-state index contributed by atoms with van der Waals surface area (Å²) in [6, 6.07) is 13.5. The number of rotatable bonds is 4. The predicted molar refractivity (Wildman–Crippen MR) is 90.9 cm³/mol. The zero-order valence-electron chi connectivity index (χ0n) is 13.3.